The molecule has 0 radical (unpaired) electrons. The van der Waals surface area contributed by atoms with Crippen LogP contribution in [0.25, 0.3) is 22.4 Å². The van der Waals surface area contributed by atoms with Crippen LogP contribution in [0.5, 0.6) is 5.75 Å². The molecule has 1 aliphatic rings. The number of carbonyl (C=O) groups is 2. The van der Waals surface area contributed by atoms with Crippen molar-refractivity contribution in [3.05, 3.63) is 82.6 Å². The summed E-state index contributed by atoms with van der Waals surface area (Å²) in [4.78, 5) is 30.5. The Bertz CT molecular complexity index is 1500. The van der Waals surface area contributed by atoms with Gasteiger partial charge in [-0.25, -0.2) is 4.98 Å². The van der Waals surface area contributed by atoms with Crippen LogP contribution in [0.3, 0.4) is 0 Å². The first-order chi connectivity index (χ1) is 18.0. The number of carbonyl (C=O) groups excluding carboxylic acids is 2. The molecule has 0 saturated carbocycles. The van der Waals surface area contributed by atoms with Crippen LogP contribution in [0, 0.1) is 11.3 Å². The molecule has 9 heteroatoms. The molecule has 3 heterocycles. The third kappa shape index (κ3) is 5.21. The lowest BCUT2D eigenvalue weighted by atomic mass is 9.97. The molecule has 184 valence electrons. The summed E-state index contributed by atoms with van der Waals surface area (Å²) in [6.07, 6.45) is 1.74. The Kier molecular flexibility index (Phi) is 6.94. The van der Waals surface area contributed by atoms with Crippen molar-refractivity contribution in [1.29, 1.82) is 5.26 Å². The molecule has 8 nitrogen and oxygen atoms in total. The first kappa shape index (κ1) is 24.2. The van der Waals surface area contributed by atoms with Gasteiger partial charge in [0.2, 0.25) is 5.91 Å². The van der Waals surface area contributed by atoms with E-state index >= 15 is 0 Å². The lowest BCUT2D eigenvalue weighted by Crippen LogP contribution is -2.35. The maximum atomic E-state index is 12.9. The number of aromatic hydroxyl groups is 1. The molecule has 4 aromatic rings. The number of nitrogens with zero attached hydrogens (tertiary/aromatic N) is 2. The second kappa shape index (κ2) is 10.6. The standard InChI is InChI=1S/C28H23N5O3S/c29-16-21-20(17-6-3-7-18(14-17)31-27(35)22-9-4-12-30-22)15-23(19-8-1-2-10-24(19)34)32-26(21)33-28(36)25-11-5-13-37-25/h1-3,5-8,10-11,13-15,22,30,34H,4,9,12H2,(H,31,35)(H,32,33,36). The fraction of sp³-hybridized carbons (Fsp3) is 0.143. The van der Waals surface area contributed by atoms with E-state index in [9.17, 15) is 20.0 Å². The Hall–Kier alpha value is -4.52. The Morgan fingerprint density at radius 1 is 1.05 bits per heavy atom. The van der Waals surface area contributed by atoms with Gasteiger partial charge in [0.1, 0.15) is 17.4 Å². The molecule has 5 rings (SSSR count). The van der Waals surface area contributed by atoms with E-state index in [-0.39, 0.29) is 35.0 Å². The van der Waals surface area contributed by atoms with Gasteiger partial charge in [-0.3, -0.25) is 9.59 Å². The van der Waals surface area contributed by atoms with Crippen molar-refractivity contribution in [2.75, 3.05) is 17.2 Å². The summed E-state index contributed by atoms with van der Waals surface area (Å²) >= 11 is 1.28. The van der Waals surface area contributed by atoms with Crippen LogP contribution < -0.4 is 16.0 Å². The molecule has 1 fully saturated rings. The van der Waals surface area contributed by atoms with Crippen molar-refractivity contribution >= 4 is 34.7 Å². The summed E-state index contributed by atoms with van der Waals surface area (Å²) in [6, 6.07) is 21.0. The maximum Gasteiger partial charge on any atom is 0.266 e. The monoisotopic (exact) mass is 509 g/mol. The molecular formula is C28H23N5O3S. The predicted molar refractivity (Wildman–Crippen MR) is 143 cm³/mol. The van der Waals surface area contributed by atoms with E-state index in [0.29, 0.717) is 32.9 Å². The molecule has 4 N–H and O–H groups in total. The number of anilines is 2. The highest BCUT2D eigenvalue weighted by molar-refractivity contribution is 7.12. The average molecular weight is 510 g/mol. The van der Waals surface area contributed by atoms with E-state index in [2.05, 4.69) is 27.0 Å². The quantitative estimate of drug-likeness (QED) is 0.290. The van der Waals surface area contributed by atoms with Gasteiger partial charge in [0, 0.05) is 16.8 Å². The second-order valence-corrected chi connectivity index (χ2v) is 9.51. The van der Waals surface area contributed by atoms with E-state index in [1.165, 1.54) is 11.3 Å². The number of nitriles is 1. The highest BCUT2D eigenvalue weighted by Gasteiger charge is 2.23. The first-order valence-corrected chi connectivity index (χ1v) is 12.6. The van der Waals surface area contributed by atoms with Gasteiger partial charge >= 0.3 is 0 Å². The summed E-state index contributed by atoms with van der Waals surface area (Å²) in [5.74, 6) is -0.388. The largest absolute Gasteiger partial charge is 0.507 e. The normalized spacial score (nSPS) is 14.6. The smallest absolute Gasteiger partial charge is 0.266 e. The maximum absolute atomic E-state index is 12.9. The highest BCUT2D eigenvalue weighted by Crippen LogP contribution is 2.36. The van der Waals surface area contributed by atoms with Crippen molar-refractivity contribution in [2.24, 2.45) is 0 Å². The summed E-state index contributed by atoms with van der Waals surface area (Å²) in [6.45, 7) is 0.815. The minimum Gasteiger partial charge on any atom is -0.507 e. The van der Waals surface area contributed by atoms with E-state index in [4.69, 9.17) is 0 Å². The van der Waals surface area contributed by atoms with Gasteiger partial charge in [-0.05, 0) is 66.7 Å². The first-order valence-electron chi connectivity index (χ1n) is 11.8. The number of thiophene rings is 1. The molecule has 1 atom stereocenters. The lowest BCUT2D eigenvalue weighted by molar-refractivity contribution is -0.117. The number of hydrogen-bond acceptors (Lipinski definition) is 7. The Morgan fingerprint density at radius 3 is 2.65 bits per heavy atom. The zero-order valence-electron chi connectivity index (χ0n) is 19.7. The van der Waals surface area contributed by atoms with Crippen molar-refractivity contribution in [1.82, 2.24) is 10.3 Å². The van der Waals surface area contributed by atoms with Gasteiger partial charge < -0.3 is 21.1 Å². The van der Waals surface area contributed by atoms with Crippen molar-refractivity contribution < 1.29 is 14.7 Å². The van der Waals surface area contributed by atoms with Crippen LogP contribution >= 0.6 is 11.3 Å². The third-order valence-electron chi connectivity index (χ3n) is 6.11. The predicted octanol–water partition coefficient (Wildman–Crippen LogP) is 5.00. The molecule has 0 spiro atoms. The molecule has 2 aromatic carbocycles. The molecule has 37 heavy (non-hydrogen) atoms. The van der Waals surface area contributed by atoms with Gasteiger partial charge in [-0.2, -0.15) is 5.26 Å². The van der Waals surface area contributed by atoms with Crippen LogP contribution in [-0.4, -0.2) is 34.5 Å². The van der Waals surface area contributed by atoms with Gasteiger partial charge in [0.15, 0.2) is 5.82 Å². The van der Waals surface area contributed by atoms with Gasteiger partial charge in [0.05, 0.1) is 16.6 Å². The number of pyridine rings is 1. The number of phenolic OH excluding ortho intramolecular Hbond substituents is 1. The number of rotatable bonds is 6. The molecule has 2 aromatic heterocycles. The number of hydrogen-bond donors (Lipinski definition) is 4. The van der Waals surface area contributed by atoms with Crippen LogP contribution in [-0.2, 0) is 4.79 Å². The summed E-state index contributed by atoms with van der Waals surface area (Å²) in [5, 5.41) is 31.3. The molecular weight excluding hydrogens is 486 g/mol. The van der Waals surface area contributed by atoms with Crippen LogP contribution in [0.1, 0.15) is 28.1 Å². The molecule has 1 saturated heterocycles. The number of aromatic nitrogens is 1. The van der Waals surface area contributed by atoms with Gasteiger partial charge in [-0.15, -0.1) is 11.3 Å². The number of nitrogens with one attached hydrogen (secondary N) is 3. The Morgan fingerprint density at radius 2 is 1.92 bits per heavy atom. The van der Waals surface area contributed by atoms with Crippen molar-refractivity contribution in [2.45, 2.75) is 18.9 Å². The topological polar surface area (TPSA) is 127 Å². The van der Waals surface area contributed by atoms with E-state index in [1.807, 2.05) is 6.07 Å². The minimum atomic E-state index is -0.385. The molecule has 1 aliphatic heterocycles. The zero-order chi connectivity index (χ0) is 25.8. The number of phenols is 1. The summed E-state index contributed by atoms with van der Waals surface area (Å²) < 4.78 is 0. The Balaban J connectivity index is 1.59. The fourth-order valence-corrected chi connectivity index (χ4v) is 4.90. The third-order valence-corrected chi connectivity index (χ3v) is 6.97. The highest BCUT2D eigenvalue weighted by atomic mass is 32.1. The van der Waals surface area contributed by atoms with Gasteiger partial charge in [0.25, 0.3) is 5.91 Å². The Labute approximate surface area is 217 Å². The van der Waals surface area contributed by atoms with Crippen LogP contribution in [0.2, 0.25) is 0 Å². The summed E-state index contributed by atoms with van der Waals surface area (Å²) in [7, 11) is 0. The zero-order valence-corrected chi connectivity index (χ0v) is 20.5. The fourth-order valence-electron chi connectivity index (χ4n) is 4.28. The second-order valence-electron chi connectivity index (χ2n) is 8.56. The molecule has 1 unspecified atom stereocenters. The molecule has 0 bridgehead atoms. The number of para-hydroxylation sites is 1. The van der Waals surface area contributed by atoms with Crippen LogP contribution in [0.4, 0.5) is 11.5 Å². The van der Waals surface area contributed by atoms with E-state index in [0.717, 1.165) is 19.4 Å². The minimum absolute atomic E-state index is 0.0197. The lowest BCUT2D eigenvalue weighted by Gasteiger charge is -2.15. The number of amides is 2. The van der Waals surface area contributed by atoms with Crippen molar-refractivity contribution in [3.63, 3.8) is 0 Å². The number of benzene rings is 2. The van der Waals surface area contributed by atoms with Crippen molar-refractivity contribution in [3.8, 4) is 34.2 Å². The average Bonchev–Trinajstić information content (AvgIpc) is 3.64. The van der Waals surface area contributed by atoms with Crippen LogP contribution in [0.15, 0.2) is 72.1 Å². The van der Waals surface area contributed by atoms with E-state index in [1.54, 1.807) is 66.0 Å². The molecule has 0 aliphatic carbocycles. The van der Waals surface area contributed by atoms with E-state index < -0.39 is 0 Å². The molecule has 2 amide bonds. The summed E-state index contributed by atoms with van der Waals surface area (Å²) in [5.41, 5.74) is 2.76. The van der Waals surface area contributed by atoms with Gasteiger partial charge in [-0.1, -0.05) is 30.3 Å². The SMILES string of the molecule is N#Cc1c(-c2cccc(NC(=O)C3CCCN3)c2)cc(-c2ccccc2O)nc1NC(=O)c1cccs1.